The molecule has 104 valence electrons. The van der Waals surface area contributed by atoms with Gasteiger partial charge < -0.3 is 10.4 Å². The van der Waals surface area contributed by atoms with Crippen LogP contribution in [-0.4, -0.2) is 24.1 Å². The third-order valence-corrected chi connectivity index (χ3v) is 4.00. The highest BCUT2D eigenvalue weighted by atomic mass is 16.3. The highest BCUT2D eigenvalue weighted by Crippen LogP contribution is 2.45. The number of nitrogens with one attached hydrogen (secondary N) is 2. The van der Waals surface area contributed by atoms with Crippen molar-refractivity contribution in [2.24, 2.45) is 0 Å². The lowest BCUT2D eigenvalue weighted by Gasteiger charge is -2.20. The maximum absolute atomic E-state index is 11.6. The van der Waals surface area contributed by atoms with Crippen molar-refractivity contribution in [2.45, 2.75) is 45.2 Å². The van der Waals surface area contributed by atoms with E-state index in [-0.39, 0.29) is 18.0 Å². The Labute approximate surface area is 114 Å². The Morgan fingerprint density at radius 3 is 2.74 bits per heavy atom. The zero-order chi connectivity index (χ0) is 14.2. The minimum absolute atomic E-state index is 0.0340. The Hall–Kier alpha value is -1.55. The quantitative estimate of drug-likeness (QED) is 0.780. The van der Waals surface area contributed by atoms with Gasteiger partial charge in [-0.05, 0) is 43.4 Å². The molecule has 4 nitrogen and oxygen atoms in total. The van der Waals surface area contributed by atoms with Gasteiger partial charge in [-0.2, -0.15) is 0 Å². The highest BCUT2D eigenvalue weighted by Gasteiger charge is 2.33. The number of benzene rings is 1. The van der Waals surface area contributed by atoms with E-state index in [2.05, 4.69) is 24.5 Å². The van der Waals surface area contributed by atoms with Crippen LogP contribution in [0.1, 0.15) is 48.9 Å². The summed E-state index contributed by atoms with van der Waals surface area (Å²) in [5.74, 6) is 0.691. The van der Waals surface area contributed by atoms with Crippen molar-refractivity contribution in [3.8, 4) is 5.75 Å². The average molecular weight is 262 g/mol. The topological polar surface area (TPSA) is 61.4 Å². The van der Waals surface area contributed by atoms with Crippen LogP contribution in [0.4, 0.5) is 0 Å². The standard InChI is InChI=1S/C15H22N2O2/c1-8-5-6-12(18)14-11(7-9(2)13(8)14)17-10(3)15(19)16-4/h5-6,9-11,17-18H,7H2,1-4H3,(H,16,19). The fourth-order valence-electron chi connectivity index (χ4n) is 3.09. The van der Waals surface area contributed by atoms with Crippen molar-refractivity contribution in [2.75, 3.05) is 7.05 Å². The zero-order valence-corrected chi connectivity index (χ0v) is 11.9. The molecule has 3 unspecified atom stereocenters. The predicted molar refractivity (Wildman–Crippen MR) is 75.3 cm³/mol. The molecule has 0 saturated carbocycles. The van der Waals surface area contributed by atoms with Gasteiger partial charge in [0.2, 0.25) is 5.91 Å². The smallest absolute Gasteiger partial charge is 0.236 e. The summed E-state index contributed by atoms with van der Waals surface area (Å²) in [6.07, 6.45) is 0.912. The van der Waals surface area contributed by atoms with Gasteiger partial charge in [0.25, 0.3) is 0 Å². The first-order valence-electron chi connectivity index (χ1n) is 6.75. The maximum atomic E-state index is 11.6. The maximum Gasteiger partial charge on any atom is 0.236 e. The number of hydrogen-bond donors (Lipinski definition) is 3. The molecule has 1 aliphatic rings. The molecule has 1 amide bonds. The summed E-state index contributed by atoms with van der Waals surface area (Å²) in [5, 5.41) is 16.1. The van der Waals surface area contributed by atoms with Crippen molar-refractivity contribution >= 4 is 5.91 Å². The third-order valence-electron chi connectivity index (χ3n) is 4.00. The number of aryl methyl sites for hydroxylation is 1. The number of likely N-dealkylation sites (N-methyl/N-ethyl adjacent to an activating group) is 1. The van der Waals surface area contributed by atoms with Crippen LogP contribution in [0.25, 0.3) is 0 Å². The number of carbonyl (C=O) groups excluding carboxylic acids is 1. The van der Waals surface area contributed by atoms with E-state index in [9.17, 15) is 9.90 Å². The summed E-state index contributed by atoms with van der Waals surface area (Å²) in [6, 6.07) is 3.46. The van der Waals surface area contributed by atoms with Crippen LogP contribution in [0.2, 0.25) is 0 Å². The molecule has 0 heterocycles. The van der Waals surface area contributed by atoms with Gasteiger partial charge in [0.05, 0.1) is 6.04 Å². The molecule has 3 atom stereocenters. The molecule has 4 heteroatoms. The zero-order valence-electron chi connectivity index (χ0n) is 11.9. The summed E-state index contributed by atoms with van der Waals surface area (Å²) in [4.78, 5) is 11.6. The number of rotatable bonds is 3. The molecular formula is C15H22N2O2. The van der Waals surface area contributed by atoms with Crippen molar-refractivity contribution in [3.63, 3.8) is 0 Å². The van der Waals surface area contributed by atoms with Crippen molar-refractivity contribution in [3.05, 3.63) is 28.8 Å². The van der Waals surface area contributed by atoms with E-state index in [4.69, 9.17) is 0 Å². The van der Waals surface area contributed by atoms with Gasteiger partial charge >= 0.3 is 0 Å². The van der Waals surface area contributed by atoms with Crippen LogP contribution in [-0.2, 0) is 4.79 Å². The first-order valence-corrected chi connectivity index (χ1v) is 6.75. The van der Waals surface area contributed by atoms with Crippen LogP contribution < -0.4 is 10.6 Å². The Morgan fingerprint density at radius 1 is 1.42 bits per heavy atom. The Bertz CT molecular complexity index is 499. The molecule has 1 aromatic rings. The second-order valence-electron chi connectivity index (χ2n) is 5.42. The summed E-state index contributed by atoms with van der Waals surface area (Å²) in [6.45, 7) is 6.07. The minimum atomic E-state index is -0.270. The van der Waals surface area contributed by atoms with Crippen molar-refractivity contribution in [1.82, 2.24) is 10.6 Å². The van der Waals surface area contributed by atoms with Crippen LogP contribution in [0, 0.1) is 6.92 Å². The van der Waals surface area contributed by atoms with Crippen LogP contribution in [0.15, 0.2) is 12.1 Å². The average Bonchev–Trinajstić information content (AvgIpc) is 2.71. The fourth-order valence-corrected chi connectivity index (χ4v) is 3.09. The molecule has 0 aromatic heterocycles. The van der Waals surface area contributed by atoms with E-state index in [1.165, 1.54) is 11.1 Å². The van der Waals surface area contributed by atoms with E-state index in [0.717, 1.165) is 12.0 Å². The number of phenols is 1. The number of aromatic hydroxyl groups is 1. The number of fused-ring (bicyclic) bond motifs is 1. The normalized spacial score (nSPS) is 22.9. The van der Waals surface area contributed by atoms with Gasteiger partial charge in [-0.1, -0.05) is 13.0 Å². The Kier molecular flexibility index (Phi) is 3.80. The van der Waals surface area contributed by atoms with Crippen LogP contribution >= 0.6 is 0 Å². The van der Waals surface area contributed by atoms with Gasteiger partial charge in [-0.15, -0.1) is 0 Å². The SMILES string of the molecule is CNC(=O)C(C)NC1CC(C)c2c(C)ccc(O)c21. The second kappa shape index (κ2) is 5.21. The third kappa shape index (κ3) is 2.45. The van der Waals surface area contributed by atoms with Crippen LogP contribution in [0.5, 0.6) is 5.75 Å². The first-order chi connectivity index (χ1) is 8.95. The fraction of sp³-hybridized carbons (Fsp3) is 0.533. The van der Waals surface area contributed by atoms with Gasteiger partial charge in [0.1, 0.15) is 5.75 Å². The molecular weight excluding hydrogens is 240 g/mol. The van der Waals surface area contributed by atoms with Crippen molar-refractivity contribution in [1.29, 1.82) is 0 Å². The van der Waals surface area contributed by atoms with Gasteiger partial charge in [0, 0.05) is 18.7 Å². The predicted octanol–water partition coefficient (Wildman–Crippen LogP) is 1.97. The molecule has 0 radical (unpaired) electrons. The summed E-state index contributed by atoms with van der Waals surface area (Å²) < 4.78 is 0. The van der Waals surface area contributed by atoms with E-state index in [1.54, 1.807) is 13.1 Å². The summed E-state index contributed by atoms with van der Waals surface area (Å²) >= 11 is 0. The number of carbonyl (C=O) groups is 1. The number of phenolic OH excluding ortho intramolecular Hbond substituents is 1. The van der Waals surface area contributed by atoms with E-state index < -0.39 is 0 Å². The van der Waals surface area contributed by atoms with Gasteiger partial charge in [0.15, 0.2) is 0 Å². The first kappa shape index (κ1) is 13.9. The molecule has 1 aliphatic carbocycles. The highest BCUT2D eigenvalue weighted by molar-refractivity contribution is 5.81. The summed E-state index contributed by atoms with van der Waals surface area (Å²) in [7, 11) is 1.63. The van der Waals surface area contributed by atoms with Crippen molar-refractivity contribution < 1.29 is 9.90 Å². The van der Waals surface area contributed by atoms with E-state index >= 15 is 0 Å². The number of hydrogen-bond acceptors (Lipinski definition) is 3. The van der Waals surface area contributed by atoms with Gasteiger partial charge in [-0.25, -0.2) is 0 Å². The molecule has 0 bridgehead atoms. The lowest BCUT2D eigenvalue weighted by atomic mass is 9.97. The molecule has 2 rings (SSSR count). The Morgan fingerprint density at radius 2 is 2.11 bits per heavy atom. The molecule has 0 fully saturated rings. The Balaban J connectivity index is 2.29. The lowest BCUT2D eigenvalue weighted by molar-refractivity contribution is -0.122. The molecule has 0 spiro atoms. The monoisotopic (exact) mass is 262 g/mol. The van der Waals surface area contributed by atoms with Gasteiger partial charge in [-0.3, -0.25) is 10.1 Å². The van der Waals surface area contributed by atoms with E-state index in [0.29, 0.717) is 11.7 Å². The molecule has 19 heavy (non-hydrogen) atoms. The number of amides is 1. The molecule has 3 N–H and O–H groups in total. The van der Waals surface area contributed by atoms with Crippen LogP contribution in [0.3, 0.4) is 0 Å². The second-order valence-corrected chi connectivity index (χ2v) is 5.42. The van der Waals surface area contributed by atoms with E-state index in [1.807, 2.05) is 13.0 Å². The summed E-state index contributed by atoms with van der Waals surface area (Å²) in [5.41, 5.74) is 3.39. The lowest BCUT2D eigenvalue weighted by Crippen LogP contribution is -2.41. The molecule has 0 saturated heterocycles. The minimum Gasteiger partial charge on any atom is -0.508 e. The molecule has 0 aliphatic heterocycles. The molecule has 1 aromatic carbocycles. The largest absolute Gasteiger partial charge is 0.508 e.